The van der Waals surface area contributed by atoms with Gasteiger partial charge in [-0.1, -0.05) is 24.3 Å². The molecule has 6 rings (SSSR count). The summed E-state index contributed by atoms with van der Waals surface area (Å²) in [5, 5.41) is 0. The van der Waals surface area contributed by atoms with Crippen molar-refractivity contribution in [2.45, 2.75) is 81.1 Å². The van der Waals surface area contributed by atoms with Gasteiger partial charge in [-0.15, -0.1) is 0 Å². The largest absolute Gasteiger partial charge is 0.444 e. The lowest BCUT2D eigenvalue weighted by Gasteiger charge is -2.52. The number of benzene rings is 1. The first-order valence-corrected chi connectivity index (χ1v) is 15.6. The Kier molecular flexibility index (Phi) is 6.80. The van der Waals surface area contributed by atoms with Crippen LogP contribution in [0.4, 0.5) is 4.79 Å². The van der Waals surface area contributed by atoms with Gasteiger partial charge in [0.15, 0.2) is 0 Å². The molecule has 1 aromatic carbocycles. The van der Waals surface area contributed by atoms with Crippen molar-refractivity contribution in [3.63, 3.8) is 0 Å². The van der Waals surface area contributed by atoms with Crippen molar-refractivity contribution in [2.24, 2.45) is 0 Å². The molecule has 0 saturated carbocycles. The van der Waals surface area contributed by atoms with Crippen LogP contribution in [0.2, 0.25) is 0 Å². The summed E-state index contributed by atoms with van der Waals surface area (Å²) in [6, 6.07) is 9.84. The molecule has 5 heterocycles. The minimum atomic E-state index is -2.49. The van der Waals surface area contributed by atoms with E-state index in [9.17, 15) is 9.00 Å². The first-order valence-electron chi connectivity index (χ1n) is 14.0. The molecular weight excluding hydrogens is 488 g/mol. The molecule has 2 bridgehead atoms. The molecule has 37 heavy (non-hydrogen) atoms. The Morgan fingerprint density at radius 2 is 1.81 bits per heavy atom. The van der Waals surface area contributed by atoms with Crippen LogP contribution in [0.3, 0.4) is 0 Å². The van der Waals surface area contributed by atoms with Gasteiger partial charge in [-0.05, 0) is 68.6 Å². The fourth-order valence-electron chi connectivity index (χ4n) is 7.58. The third-order valence-corrected chi connectivity index (χ3v) is 11.9. The standard InChI is InChI=1S/C28H42N4O4S/c1-29(2)37(3,34)31-18-21-6-4-5-7-26(21)28(20-31)11-13-30(14-12-28)24-16-22-8-9-23(17-24)32(22)27(33)36-25-10-15-35-19-25/h4-7,22-25H,3,8-20H2,1-2H3/t22?,23?,24?,25-,37?/m0/s1. The maximum Gasteiger partial charge on any atom is 0.410 e. The molecule has 9 heteroatoms. The highest BCUT2D eigenvalue weighted by Crippen LogP contribution is 2.45. The lowest BCUT2D eigenvalue weighted by atomic mass is 9.69. The summed E-state index contributed by atoms with van der Waals surface area (Å²) in [5.74, 6) is 4.13. The monoisotopic (exact) mass is 530 g/mol. The van der Waals surface area contributed by atoms with E-state index in [2.05, 4.69) is 44.2 Å². The second kappa shape index (κ2) is 9.83. The van der Waals surface area contributed by atoms with E-state index in [1.54, 1.807) is 4.31 Å². The Hall–Kier alpha value is -1.65. The molecule has 1 spiro atoms. The van der Waals surface area contributed by atoms with Crippen LogP contribution in [-0.4, -0.2) is 106 Å². The second-order valence-electron chi connectivity index (χ2n) is 12.0. The number of nitrogens with zero attached hydrogens (tertiary/aromatic N) is 4. The smallest absolute Gasteiger partial charge is 0.410 e. The summed E-state index contributed by atoms with van der Waals surface area (Å²) >= 11 is 0. The van der Waals surface area contributed by atoms with E-state index >= 15 is 0 Å². The van der Waals surface area contributed by atoms with Gasteiger partial charge in [-0.3, -0.25) is 0 Å². The third-order valence-electron chi connectivity index (χ3n) is 9.73. The van der Waals surface area contributed by atoms with Crippen molar-refractivity contribution in [1.82, 2.24) is 18.4 Å². The van der Waals surface area contributed by atoms with Crippen molar-refractivity contribution in [2.75, 3.05) is 46.9 Å². The first-order chi connectivity index (χ1) is 17.8. The Morgan fingerprint density at radius 1 is 1.11 bits per heavy atom. The minimum absolute atomic E-state index is 0.00848. The zero-order valence-electron chi connectivity index (χ0n) is 22.3. The predicted octanol–water partition coefficient (Wildman–Crippen LogP) is 2.86. The van der Waals surface area contributed by atoms with Gasteiger partial charge in [0.25, 0.3) is 0 Å². The number of piperidine rings is 2. The molecule has 204 valence electrons. The van der Waals surface area contributed by atoms with E-state index < -0.39 is 9.89 Å². The van der Waals surface area contributed by atoms with Gasteiger partial charge in [0.2, 0.25) is 0 Å². The first kappa shape index (κ1) is 25.6. The van der Waals surface area contributed by atoms with Crippen LogP contribution >= 0.6 is 0 Å². The highest BCUT2D eigenvalue weighted by molar-refractivity contribution is 7.95. The number of fused-ring (bicyclic) bond motifs is 4. The van der Waals surface area contributed by atoms with Gasteiger partial charge in [0, 0.05) is 57.1 Å². The van der Waals surface area contributed by atoms with Crippen LogP contribution in [0.15, 0.2) is 24.3 Å². The van der Waals surface area contributed by atoms with Gasteiger partial charge in [-0.25, -0.2) is 17.6 Å². The fourth-order valence-corrected chi connectivity index (χ4v) is 8.83. The zero-order valence-corrected chi connectivity index (χ0v) is 23.2. The second-order valence-corrected chi connectivity index (χ2v) is 14.4. The number of hydrogen-bond donors (Lipinski definition) is 0. The van der Waals surface area contributed by atoms with Gasteiger partial charge in [0.05, 0.1) is 23.1 Å². The van der Waals surface area contributed by atoms with Gasteiger partial charge >= 0.3 is 6.09 Å². The fraction of sp³-hybridized carbons (Fsp3) is 0.714. The van der Waals surface area contributed by atoms with Crippen molar-refractivity contribution in [1.29, 1.82) is 0 Å². The summed E-state index contributed by atoms with van der Waals surface area (Å²) < 4.78 is 28.6. The maximum absolute atomic E-state index is 13.5. The van der Waals surface area contributed by atoms with Crippen LogP contribution in [0.25, 0.3) is 0 Å². The Bertz CT molecular complexity index is 1100. The van der Waals surface area contributed by atoms with Crippen molar-refractivity contribution in [3.8, 4) is 0 Å². The summed E-state index contributed by atoms with van der Waals surface area (Å²) in [5.41, 5.74) is 2.74. The van der Waals surface area contributed by atoms with E-state index in [1.807, 2.05) is 14.1 Å². The maximum atomic E-state index is 13.5. The van der Waals surface area contributed by atoms with Crippen LogP contribution in [0.5, 0.6) is 0 Å². The lowest BCUT2D eigenvalue weighted by Crippen LogP contribution is -2.58. The predicted molar refractivity (Wildman–Crippen MR) is 146 cm³/mol. The molecule has 4 atom stereocenters. The SMILES string of the molecule is C=S(=O)(N(C)C)N1Cc2ccccc2C2(CCN(C3CC4CCC(C3)N4C(=O)O[C@H]3CCOC3)CC2)C1. The molecule has 0 radical (unpaired) electrons. The van der Waals surface area contributed by atoms with Crippen molar-refractivity contribution in [3.05, 3.63) is 35.4 Å². The van der Waals surface area contributed by atoms with E-state index in [-0.39, 0.29) is 29.7 Å². The molecule has 0 aliphatic carbocycles. The summed E-state index contributed by atoms with van der Waals surface area (Å²) in [4.78, 5) is 17.7. The average molecular weight is 531 g/mol. The van der Waals surface area contributed by atoms with Crippen LogP contribution < -0.4 is 0 Å². The van der Waals surface area contributed by atoms with E-state index in [4.69, 9.17) is 9.47 Å². The molecule has 8 nitrogen and oxygen atoms in total. The van der Waals surface area contributed by atoms with Crippen molar-refractivity contribution < 1.29 is 18.5 Å². The Balaban J connectivity index is 1.13. The van der Waals surface area contributed by atoms with E-state index in [1.165, 1.54) is 11.1 Å². The van der Waals surface area contributed by atoms with Gasteiger partial charge in [-0.2, -0.15) is 0 Å². The third kappa shape index (κ3) is 4.61. The Morgan fingerprint density at radius 3 is 2.46 bits per heavy atom. The number of amides is 1. The number of likely N-dealkylation sites (tertiary alicyclic amines) is 1. The van der Waals surface area contributed by atoms with Crippen LogP contribution in [0, 0.1) is 0 Å². The lowest BCUT2D eigenvalue weighted by molar-refractivity contribution is 0.00745. The summed E-state index contributed by atoms with van der Waals surface area (Å²) in [7, 11) is 1.24. The van der Waals surface area contributed by atoms with Crippen molar-refractivity contribution >= 4 is 21.9 Å². The van der Waals surface area contributed by atoms with E-state index in [0.29, 0.717) is 25.8 Å². The number of carbonyl (C=O) groups is 1. The number of rotatable bonds is 4. The molecular formula is C28H42N4O4S. The van der Waals surface area contributed by atoms with Gasteiger partial charge < -0.3 is 19.3 Å². The molecule has 4 saturated heterocycles. The minimum Gasteiger partial charge on any atom is -0.444 e. The number of carbonyl (C=O) groups excluding carboxylic acids is 1. The van der Waals surface area contributed by atoms with Crippen LogP contribution in [0.1, 0.15) is 56.1 Å². The van der Waals surface area contributed by atoms with Crippen LogP contribution in [-0.2, 0) is 31.3 Å². The quantitative estimate of drug-likeness (QED) is 0.561. The average Bonchev–Trinajstić information content (AvgIpc) is 3.49. The molecule has 5 aliphatic heterocycles. The summed E-state index contributed by atoms with van der Waals surface area (Å²) in [6.07, 6.45) is 6.96. The molecule has 0 N–H and O–H groups in total. The molecule has 3 unspecified atom stereocenters. The number of ether oxygens (including phenoxy) is 2. The van der Waals surface area contributed by atoms with Gasteiger partial charge in [0.1, 0.15) is 6.10 Å². The molecule has 4 fully saturated rings. The zero-order chi connectivity index (χ0) is 25.8. The summed E-state index contributed by atoms with van der Waals surface area (Å²) in [6.45, 7) is 4.77. The molecule has 5 aliphatic rings. The number of hydrogen-bond acceptors (Lipinski definition) is 5. The highest BCUT2D eigenvalue weighted by atomic mass is 32.2. The van der Waals surface area contributed by atoms with E-state index in [0.717, 1.165) is 64.6 Å². The topological polar surface area (TPSA) is 65.6 Å². The molecule has 1 amide bonds. The molecule has 1 aromatic rings. The molecule has 0 aromatic heterocycles. The Labute approximate surface area is 222 Å². The highest BCUT2D eigenvalue weighted by Gasteiger charge is 2.49. The normalized spacial score (nSPS) is 33.4.